The maximum atomic E-state index is 13.5. The quantitative estimate of drug-likeness (QED) is 0.765. The lowest BCUT2D eigenvalue weighted by molar-refractivity contribution is -0.139. The molecule has 1 aromatic carbocycles. The number of amides is 2. The zero-order chi connectivity index (χ0) is 15.3. The summed E-state index contributed by atoms with van der Waals surface area (Å²) in [4.78, 5) is 22.8. The number of carboxylic acids is 1. The summed E-state index contributed by atoms with van der Waals surface area (Å²) < 4.78 is 13.9. The summed E-state index contributed by atoms with van der Waals surface area (Å²) in [5.41, 5.74) is -0.0290. The molecule has 1 atom stereocenters. The van der Waals surface area contributed by atoms with Crippen molar-refractivity contribution in [1.82, 2.24) is 5.32 Å². The molecule has 7 heteroatoms. The van der Waals surface area contributed by atoms with Crippen LogP contribution in [0.4, 0.5) is 14.9 Å². The molecule has 0 aliphatic carbocycles. The highest BCUT2D eigenvalue weighted by atomic mass is 79.9. The van der Waals surface area contributed by atoms with Crippen LogP contribution in [0.1, 0.15) is 20.3 Å². The number of nitrogens with one attached hydrogen (secondary N) is 2. The largest absolute Gasteiger partial charge is 0.480 e. The third-order valence-electron chi connectivity index (χ3n) is 2.51. The Labute approximate surface area is 124 Å². The van der Waals surface area contributed by atoms with E-state index in [4.69, 9.17) is 5.11 Å². The highest BCUT2D eigenvalue weighted by Crippen LogP contribution is 2.24. The Kier molecular flexibility index (Phi) is 5.94. The molecule has 3 N–H and O–H groups in total. The molecule has 1 aromatic rings. The second-order valence-corrected chi connectivity index (χ2v) is 5.57. The molecule has 0 bridgehead atoms. The molecule has 0 spiro atoms. The van der Waals surface area contributed by atoms with Crippen molar-refractivity contribution in [3.63, 3.8) is 0 Å². The summed E-state index contributed by atoms with van der Waals surface area (Å²) >= 11 is 3.11. The summed E-state index contributed by atoms with van der Waals surface area (Å²) in [7, 11) is 0. The highest BCUT2D eigenvalue weighted by molar-refractivity contribution is 9.10. The van der Waals surface area contributed by atoms with Gasteiger partial charge >= 0.3 is 12.0 Å². The second kappa shape index (κ2) is 7.23. The van der Waals surface area contributed by atoms with Crippen LogP contribution in [0.2, 0.25) is 0 Å². The maximum Gasteiger partial charge on any atom is 0.326 e. The molecule has 20 heavy (non-hydrogen) atoms. The molecule has 5 nitrogen and oxygen atoms in total. The Hall–Kier alpha value is -1.63. The van der Waals surface area contributed by atoms with Crippen LogP contribution in [0.5, 0.6) is 0 Å². The fraction of sp³-hybridized carbons (Fsp3) is 0.385. The Morgan fingerprint density at radius 2 is 2.05 bits per heavy atom. The number of urea groups is 1. The fourth-order valence-electron chi connectivity index (χ4n) is 1.62. The summed E-state index contributed by atoms with van der Waals surface area (Å²) in [6, 6.07) is 2.48. The van der Waals surface area contributed by atoms with Gasteiger partial charge in [-0.15, -0.1) is 0 Å². The molecular weight excluding hydrogens is 331 g/mol. The number of hydrogen-bond acceptors (Lipinski definition) is 2. The molecule has 110 valence electrons. The van der Waals surface area contributed by atoms with Gasteiger partial charge in [0, 0.05) is 4.47 Å². The van der Waals surface area contributed by atoms with Gasteiger partial charge in [-0.25, -0.2) is 14.0 Å². The molecule has 0 aliphatic rings. The van der Waals surface area contributed by atoms with Gasteiger partial charge in [-0.2, -0.15) is 0 Å². The van der Waals surface area contributed by atoms with Gasteiger partial charge in [-0.3, -0.25) is 0 Å². The molecule has 0 aliphatic heterocycles. The van der Waals surface area contributed by atoms with Crippen LogP contribution >= 0.6 is 15.9 Å². The predicted molar refractivity (Wildman–Crippen MR) is 77.1 cm³/mol. The zero-order valence-electron chi connectivity index (χ0n) is 11.1. The van der Waals surface area contributed by atoms with E-state index in [0.717, 1.165) is 0 Å². The van der Waals surface area contributed by atoms with Crippen molar-refractivity contribution in [2.45, 2.75) is 26.3 Å². The first kappa shape index (κ1) is 16.4. The molecule has 0 radical (unpaired) electrons. The van der Waals surface area contributed by atoms with Crippen LogP contribution in [-0.2, 0) is 4.79 Å². The molecule has 1 rings (SSSR count). The second-order valence-electron chi connectivity index (χ2n) is 4.72. The van der Waals surface area contributed by atoms with Gasteiger partial charge in [0.2, 0.25) is 0 Å². The van der Waals surface area contributed by atoms with E-state index in [0.29, 0.717) is 10.9 Å². The molecule has 0 fully saturated rings. The standard InChI is InChI=1S/C13H16BrFN2O3/c1-7(2)6-10(12(18)19)16-13(20)17-11-8(14)4-3-5-9(11)15/h3-5,7,10H,6H2,1-2H3,(H,18,19)(H2,16,17,20)/t10-/m1/s1. The van der Waals surface area contributed by atoms with Crippen molar-refractivity contribution in [1.29, 1.82) is 0 Å². The maximum absolute atomic E-state index is 13.5. The third-order valence-corrected chi connectivity index (χ3v) is 3.17. The van der Waals surface area contributed by atoms with Crippen LogP contribution in [-0.4, -0.2) is 23.1 Å². The van der Waals surface area contributed by atoms with E-state index in [9.17, 15) is 14.0 Å². The number of carbonyl (C=O) groups excluding carboxylic acids is 1. The summed E-state index contributed by atoms with van der Waals surface area (Å²) in [5, 5.41) is 13.6. The number of aliphatic carboxylic acids is 1. The van der Waals surface area contributed by atoms with E-state index in [1.807, 2.05) is 13.8 Å². The monoisotopic (exact) mass is 346 g/mol. The van der Waals surface area contributed by atoms with Crippen LogP contribution in [0.15, 0.2) is 22.7 Å². The lowest BCUT2D eigenvalue weighted by Crippen LogP contribution is -2.43. The molecule has 0 saturated carbocycles. The van der Waals surface area contributed by atoms with Crippen molar-refractivity contribution in [2.75, 3.05) is 5.32 Å². The van der Waals surface area contributed by atoms with E-state index in [1.54, 1.807) is 6.07 Å². The van der Waals surface area contributed by atoms with E-state index < -0.39 is 23.9 Å². The summed E-state index contributed by atoms with van der Waals surface area (Å²) in [6.07, 6.45) is 0.293. The normalized spacial score (nSPS) is 12.1. The number of carbonyl (C=O) groups is 2. The molecule has 0 saturated heterocycles. The SMILES string of the molecule is CC(C)C[C@@H](NC(=O)Nc1c(F)cccc1Br)C(=O)O. The molecular formula is C13H16BrFN2O3. The highest BCUT2D eigenvalue weighted by Gasteiger charge is 2.21. The van der Waals surface area contributed by atoms with E-state index in [2.05, 4.69) is 26.6 Å². The van der Waals surface area contributed by atoms with Crippen molar-refractivity contribution < 1.29 is 19.1 Å². The molecule has 0 unspecified atom stereocenters. The smallest absolute Gasteiger partial charge is 0.326 e. The number of hydrogen-bond donors (Lipinski definition) is 3. The first-order valence-electron chi connectivity index (χ1n) is 6.05. The molecule has 2 amide bonds. The fourth-order valence-corrected chi connectivity index (χ4v) is 2.06. The molecule has 0 heterocycles. The minimum absolute atomic E-state index is 0.0290. The number of rotatable bonds is 5. The topological polar surface area (TPSA) is 78.4 Å². The lowest BCUT2D eigenvalue weighted by atomic mass is 10.0. The van der Waals surface area contributed by atoms with Crippen molar-refractivity contribution in [3.8, 4) is 0 Å². The van der Waals surface area contributed by atoms with Crippen molar-refractivity contribution in [3.05, 3.63) is 28.5 Å². The summed E-state index contributed by atoms with van der Waals surface area (Å²) in [5.74, 6) is -1.62. The van der Waals surface area contributed by atoms with E-state index in [1.165, 1.54) is 12.1 Å². The number of anilines is 1. The zero-order valence-corrected chi connectivity index (χ0v) is 12.7. The number of para-hydroxylation sites is 1. The lowest BCUT2D eigenvalue weighted by Gasteiger charge is -2.17. The number of benzene rings is 1. The Balaban J connectivity index is 2.73. The minimum Gasteiger partial charge on any atom is -0.480 e. The Morgan fingerprint density at radius 1 is 1.40 bits per heavy atom. The van der Waals surface area contributed by atoms with Crippen LogP contribution in [0, 0.1) is 11.7 Å². The average Bonchev–Trinajstić information content (AvgIpc) is 2.32. The van der Waals surface area contributed by atoms with Gasteiger partial charge in [-0.05, 0) is 40.4 Å². The van der Waals surface area contributed by atoms with E-state index >= 15 is 0 Å². The number of carboxylic acid groups (broad SMARTS) is 1. The minimum atomic E-state index is -1.12. The van der Waals surface area contributed by atoms with Crippen LogP contribution in [0.3, 0.4) is 0 Å². The van der Waals surface area contributed by atoms with Crippen molar-refractivity contribution in [2.24, 2.45) is 5.92 Å². The van der Waals surface area contributed by atoms with Gasteiger partial charge in [0.05, 0.1) is 5.69 Å². The van der Waals surface area contributed by atoms with Crippen LogP contribution < -0.4 is 10.6 Å². The summed E-state index contributed by atoms with van der Waals surface area (Å²) in [6.45, 7) is 3.70. The van der Waals surface area contributed by atoms with Gasteiger partial charge < -0.3 is 15.7 Å². The predicted octanol–water partition coefficient (Wildman–Crippen LogP) is 3.21. The number of halogens is 2. The van der Waals surface area contributed by atoms with Gasteiger partial charge in [0.15, 0.2) is 0 Å². The first-order chi connectivity index (χ1) is 9.31. The first-order valence-corrected chi connectivity index (χ1v) is 6.85. The van der Waals surface area contributed by atoms with Gasteiger partial charge in [0.1, 0.15) is 11.9 Å². The van der Waals surface area contributed by atoms with Gasteiger partial charge in [0.25, 0.3) is 0 Å². The third kappa shape index (κ3) is 4.80. The van der Waals surface area contributed by atoms with E-state index in [-0.39, 0.29) is 11.6 Å². The average molecular weight is 347 g/mol. The van der Waals surface area contributed by atoms with Crippen molar-refractivity contribution >= 4 is 33.6 Å². The van der Waals surface area contributed by atoms with Crippen LogP contribution in [0.25, 0.3) is 0 Å². The van der Waals surface area contributed by atoms with Gasteiger partial charge in [-0.1, -0.05) is 19.9 Å². The Bertz CT molecular complexity index is 488. The Morgan fingerprint density at radius 3 is 2.55 bits per heavy atom. The molecule has 0 aromatic heterocycles.